The molecule has 0 fully saturated rings. The Hall–Kier alpha value is -1.66. The smallest absolute Gasteiger partial charge is 0.305 e. The SMILES string of the molecule is CCCC/C=C\C/C=C\CCCCCCCC(=O)OCCCCCCCCCCCCCCCCCCCCCCCCCC(=O)NC(CO)C(O)CCCCCCCCCCCCCCCCCCCCCC. The first-order valence-electron chi connectivity index (χ1n) is 33.6. The van der Waals surface area contributed by atoms with Gasteiger partial charge in [0, 0.05) is 12.8 Å². The van der Waals surface area contributed by atoms with E-state index in [1.165, 1.54) is 289 Å². The molecule has 0 spiro atoms. The highest BCUT2D eigenvalue weighted by molar-refractivity contribution is 5.76. The van der Waals surface area contributed by atoms with Gasteiger partial charge in [-0.05, 0) is 51.4 Å². The van der Waals surface area contributed by atoms with E-state index in [2.05, 4.69) is 43.5 Å². The fraction of sp³-hybridized carbons (Fsp3) is 0.912. The fourth-order valence-corrected chi connectivity index (χ4v) is 10.6. The minimum absolute atomic E-state index is 0.000488. The Morgan fingerprint density at radius 3 is 1.07 bits per heavy atom. The normalized spacial score (nSPS) is 12.6. The first kappa shape index (κ1) is 72.3. The van der Waals surface area contributed by atoms with Crippen LogP contribution in [0, 0.1) is 0 Å². The highest BCUT2D eigenvalue weighted by Crippen LogP contribution is 2.19. The molecule has 0 aromatic carbocycles. The molecule has 0 aliphatic heterocycles. The predicted octanol–water partition coefficient (Wildman–Crippen LogP) is 21.4. The molecule has 0 rings (SSSR count). The maximum atomic E-state index is 12.5. The summed E-state index contributed by atoms with van der Waals surface area (Å²) >= 11 is 0. The Labute approximate surface area is 462 Å². The summed E-state index contributed by atoms with van der Waals surface area (Å²) in [6, 6.07) is -0.542. The van der Waals surface area contributed by atoms with Gasteiger partial charge in [0.1, 0.15) is 0 Å². The topological polar surface area (TPSA) is 95.9 Å². The lowest BCUT2D eigenvalue weighted by molar-refractivity contribution is -0.143. The minimum Gasteiger partial charge on any atom is -0.466 e. The van der Waals surface area contributed by atoms with Crippen LogP contribution in [0.1, 0.15) is 373 Å². The van der Waals surface area contributed by atoms with Gasteiger partial charge in [-0.1, -0.05) is 334 Å². The third-order valence-corrected chi connectivity index (χ3v) is 15.8. The number of unbranched alkanes of at least 4 members (excludes halogenated alkanes) is 48. The number of rotatable bonds is 63. The second-order valence-corrected chi connectivity index (χ2v) is 23.2. The van der Waals surface area contributed by atoms with Crippen LogP contribution in [0.2, 0.25) is 0 Å². The van der Waals surface area contributed by atoms with Crippen molar-refractivity contribution in [2.75, 3.05) is 13.2 Å². The molecule has 0 aromatic rings. The van der Waals surface area contributed by atoms with Crippen molar-refractivity contribution in [2.24, 2.45) is 0 Å². The van der Waals surface area contributed by atoms with Gasteiger partial charge in [0.05, 0.1) is 25.4 Å². The molecular weight excluding hydrogens is 911 g/mol. The number of hydrogen-bond donors (Lipinski definition) is 3. The van der Waals surface area contributed by atoms with Gasteiger partial charge in [-0.25, -0.2) is 0 Å². The van der Waals surface area contributed by atoms with Gasteiger partial charge in [-0.2, -0.15) is 0 Å². The monoisotopic (exact) mass is 1040 g/mol. The van der Waals surface area contributed by atoms with E-state index in [1.807, 2.05) is 0 Å². The molecule has 438 valence electrons. The van der Waals surface area contributed by atoms with Gasteiger partial charge in [0.25, 0.3) is 0 Å². The number of hydrogen-bond acceptors (Lipinski definition) is 5. The Kier molecular flexibility index (Phi) is 62.4. The van der Waals surface area contributed by atoms with Crippen molar-refractivity contribution in [1.29, 1.82) is 0 Å². The number of nitrogens with one attached hydrogen (secondary N) is 1. The molecule has 0 heterocycles. The summed E-state index contributed by atoms with van der Waals surface area (Å²) in [5, 5.41) is 23.4. The van der Waals surface area contributed by atoms with E-state index >= 15 is 0 Å². The van der Waals surface area contributed by atoms with Crippen LogP contribution < -0.4 is 5.32 Å². The summed E-state index contributed by atoms with van der Waals surface area (Å²) in [5.41, 5.74) is 0. The van der Waals surface area contributed by atoms with Gasteiger partial charge in [0.15, 0.2) is 0 Å². The van der Waals surface area contributed by atoms with Crippen LogP contribution in [0.25, 0.3) is 0 Å². The number of carbonyl (C=O) groups is 2. The molecule has 0 saturated carbocycles. The highest BCUT2D eigenvalue weighted by atomic mass is 16.5. The highest BCUT2D eigenvalue weighted by Gasteiger charge is 2.20. The van der Waals surface area contributed by atoms with Crippen LogP contribution in [-0.4, -0.2) is 47.4 Å². The van der Waals surface area contributed by atoms with Gasteiger partial charge < -0.3 is 20.3 Å². The molecule has 3 N–H and O–H groups in total. The van der Waals surface area contributed by atoms with Gasteiger partial charge in [-0.3, -0.25) is 9.59 Å². The zero-order valence-corrected chi connectivity index (χ0v) is 50.1. The number of carbonyl (C=O) groups excluding carboxylic acids is 2. The summed E-state index contributed by atoms with van der Waals surface area (Å²) in [6.45, 7) is 4.94. The van der Waals surface area contributed by atoms with Crippen molar-refractivity contribution >= 4 is 11.9 Å². The number of aliphatic hydroxyl groups is 2. The molecule has 0 aliphatic rings. The largest absolute Gasteiger partial charge is 0.466 e. The van der Waals surface area contributed by atoms with Crippen LogP contribution in [0.3, 0.4) is 0 Å². The van der Waals surface area contributed by atoms with E-state index in [1.54, 1.807) is 0 Å². The molecule has 6 heteroatoms. The molecule has 74 heavy (non-hydrogen) atoms. The van der Waals surface area contributed by atoms with Crippen molar-refractivity contribution in [1.82, 2.24) is 5.32 Å². The number of allylic oxidation sites excluding steroid dienone is 4. The zero-order valence-electron chi connectivity index (χ0n) is 50.1. The van der Waals surface area contributed by atoms with Crippen molar-refractivity contribution < 1.29 is 24.5 Å². The average Bonchev–Trinajstić information content (AvgIpc) is 3.40. The number of esters is 1. The molecule has 0 saturated heterocycles. The first-order valence-corrected chi connectivity index (χ1v) is 33.6. The molecule has 0 aromatic heterocycles. The van der Waals surface area contributed by atoms with Gasteiger partial charge in [0.2, 0.25) is 5.91 Å². The summed E-state index contributed by atoms with van der Waals surface area (Å²) in [5.74, 6) is -0.0302. The van der Waals surface area contributed by atoms with E-state index in [0.29, 0.717) is 25.9 Å². The number of ether oxygens (including phenoxy) is 1. The first-order chi connectivity index (χ1) is 36.5. The maximum absolute atomic E-state index is 12.5. The van der Waals surface area contributed by atoms with Crippen LogP contribution in [-0.2, 0) is 14.3 Å². The van der Waals surface area contributed by atoms with Crippen LogP contribution >= 0.6 is 0 Å². The molecule has 0 radical (unpaired) electrons. The van der Waals surface area contributed by atoms with E-state index < -0.39 is 12.1 Å². The van der Waals surface area contributed by atoms with Crippen molar-refractivity contribution in [2.45, 2.75) is 386 Å². The molecule has 1 amide bonds. The molecule has 2 unspecified atom stereocenters. The van der Waals surface area contributed by atoms with Crippen molar-refractivity contribution in [3.63, 3.8) is 0 Å². The predicted molar refractivity (Wildman–Crippen MR) is 324 cm³/mol. The van der Waals surface area contributed by atoms with Crippen LogP contribution in [0.15, 0.2) is 24.3 Å². The van der Waals surface area contributed by atoms with Gasteiger partial charge >= 0.3 is 5.97 Å². The standard InChI is InChI=1S/C68H131NO5/c1-3-5-7-9-11-13-15-17-19-20-21-27-30-33-36-40-44-48-52-56-60-66(71)65(64-70)69-67(72)61-57-53-49-45-41-37-34-31-28-25-23-22-24-26-29-32-35-39-43-47-51-55-59-63-74-68(73)62-58-54-50-46-42-38-18-16-14-12-10-8-6-4-2/h10,12,16,18,65-66,70-71H,3-9,11,13-15,17,19-64H2,1-2H3,(H,69,72)/b12-10-,18-16-. The summed E-state index contributed by atoms with van der Waals surface area (Å²) in [4.78, 5) is 24.6. The zero-order chi connectivity index (χ0) is 53.6. The molecule has 2 atom stereocenters. The third-order valence-electron chi connectivity index (χ3n) is 15.8. The Balaban J connectivity index is 3.38. The lowest BCUT2D eigenvalue weighted by atomic mass is 10.0. The lowest BCUT2D eigenvalue weighted by Crippen LogP contribution is -2.45. The summed E-state index contributed by atoms with van der Waals surface area (Å²) in [7, 11) is 0. The van der Waals surface area contributed by atoms with E-state index in [4.69, 9.17) is 4.74 Å². The van der Waals surface area contributed by atoms with Gasteiger partial charge in [-0.15, -0.1) is 0 Å². The maximum Gasteiger partial charge on any atom is 0.305 e. The average molecular weight is 1040 g/mol. The van der Waals surface area contributed by atoms with E-state index in [9.17, 15) is 19.8 Å². The Morgan fingerprint density at radius 2 is 0.689 bits per heavy atom. The van der Waals surface area contributed by atoms with E-state index in [-0.39, 0.29) is 18.5 Å². The number of amides is 1. The second kappa shape index (κ2) is 63.9. The van der Waals surface area contributed by atoms with Crippen molar-refractivity contribution in [3.05, 3.63) is 24.3 Å². The lowest BCUT2D eigenvalue weighted by Gasteiger charge is -2.22. The third kappa shape index (κ3) is 59.6. The van der Waals surface area contributed by atoms with Crippen LogP contribution in [0.4, 0.5) is 0 Å². The Morgan fingerprint density at radius 1 is 0.378 bits per heavy atom. The Bertz CT molecular complexity index is 1150. The quantitative estimate of drug-likeness (QED) is 0.0320. The fourth-order valence-electron chi connectivity index (χ4n) is 10.6. The number of aliphatic hydroxyl groups excluding tert-OH is 2. The molecule has 0 bridgehead atoms. The molecule has 0 aliphatic carbocycles. The van der Waals surface area contributed by atoms with Crippen molar-refractivity contribution in [3.8, 4) is 0 Å². The summed E-state index contributed by atoms with van der Waals surface area (Å²) in [6.07, 6.45) is 79.2. The van der Waals surface area contributed by atoms with Crippen LogP contribution in [0.5, 0.6) is 0 Å². The van der Waals surface area contributed by atoms with E-state index in [0.717, 1.165) is 51.4 Å². The second-order valence-electron chi connectivity index (χ2n) is 23.2. The molecular formula is C68H131NO5. The summed E-state index contributed by atoms with van der Waals surface area (Å²) < 4.78 is 5.48. The minimum atomic E-state index is -0.665. The molecule has 6 nitrogen and oxygen atoms in total.